The summed E-state index contributed by atoms with van der Waals surface area (Å²) in [6, 6.07) is 3.67. The fourth-order valence-electron chi connectivity index (χ4n) is 4.63. The van der Waals surface area contributed by atoms with Gasteiger partial charge in [0.05, 0.1) is 10.6 Å². The number of hydrogen-bond donors (Lipinski definition) is 0. The highest BCUT2D eigenvalue weighted by atomic mass is 79.9. The minimum atomic E-state index is -3.66. The highest BCUT2D eigenvalue weighted by Gasteiger charge is 2.37. The minimum Gasteiger partial charge on any atom is -0.340 e. The van der Waals surface area contributed by atoms with Gasteiger partial charge in [-0.2, -0.15) is 0 Å². The predicted octanol–water partition coefficient (Wildman–Crippen LogP) is 3.70. The molecule has 1 aliphatic carbocycles. The van der Waals surface area contributed by atoms with Crippen molar-refractivity contribution in [2.45, 2.75) is 69.2 Å². The first-order chi connectivity index (χ1) is 14.3. The molecule has 0 bridgehead atoms. The number of amides is 2. The molecule has 2 amide bonds. The quantitative estimate of drug-likeness (QED) is 0.601. The number of benzene rings is 1. The first-order valence-corrected chi connectivity index (χ1v) is 13.4. The zero-order valence-electron chi connectivity index (χ0n) is 17.4. The van der Waals surface area contributed by atoms with Gasteiger partial charge in [0.2, 0.25) is 11.8 Å². The molecule has 1 aromatic carbocycles. The Morgan fingerprint density at radius 1 is 1.13 bits per heavy atom. The van der Waals surface area contributed by atoms with E-state index >= 15 is 0 Å². The van der Waals surface area contributed by atoms with Crippen molar-refractivity contribution in [1.29, 1.82) is 0 Å². The van der Waals surface area contributed by atoms with Gasteiger partial charge in [0.1, 0.15) is 0 Å². The largest absolute Gasteiger partial charge is 0.340 e. The highest BCUT2D eigenvalue weighted by molar-refractivity contribution is 9.10. The van der Waals surface area contributed by atoms with Crippen LogP contribution >= 0.6 is 15.9 Å². The maximum absolute atomic E-state index is 13.1. The lowest BCUT2D eigenvalue weighted by Crippen LogP contribution is -2.43. The number of carbonyl (C=O) groups excluding carboxylic acids is 2. The van der Waals surface area contributed by atoms with Crippen LogP contribution in [0.1, 0.15) is 57.4 Å². The summed E-state index contributed by atoms with van der Waals surface area (Å²) in [5.41, 5.74) is 1.70. The van der Waals surface area contributed by atoms with Crippen LogP contribution in [0, 0.1) is 5.92 Å². The van der Waals surface area contributed by atoms with Crippen LogP contribution in [0.2, 0.25) is 0 Å². The summed E-state index contributed by atoms with van der Waals surface area (Å²) < 4.78 is 26.7. The van der Waals surface area contributed by atoms with Crippen molar-refractivity contribution in [3.8, 4) is 0 Å². The molecule has 0 aromatic heterocycles. The van der Waals surface area contributed by atoms with E-state index in [0.29, 0.717) is 16.7 Å². The molecule has 0 unspecified atom stereocenters. The number of carbonyl (C=O) groups is 2. The molecule has 8 heteroatoms. The number of nitrogens with zero attached hydrogens (tertiary/aromatic N) is 2. The molecule has 1 saturated carbocycles. The number of fused-ring (bicyclic) bond motifs is 1. The van der Waals surface area contributed by atoms with Crippen molar-refractivity contribution in [3.63, 3.8) is 0 Å². The number of sulfone groups is 1. The second-order valence-corrected chi connectivity index (χ2v) is 11.6. The number of rotatable bonds is 6. The first-order valence-electron chi connectivity index (χ1n) is 11.0. The summed E-state index contributed by atoms with van der Waals surface area (Å²) in [5, 5.41) is 0. The molecule has 0 radical (unpaired) electrons. The molecule has 1 aromatic rings. The van der Waals surface area contributed by atoms with Crippen molar-refractivity contribution >= 4 is 43.3 Å². The molecule has 2 fully saturated rings. The molecule has 1 saturated heterocycles. The second-order valence-electron chi connectivity index (χ2n) is 8.64. The summed E-state index contributed by atoms with van der Waals surface area (Å²) in [6.07, 6.45) is 6.57. The van der Waals surface area contributed by atoms with Crippen LogP contribution in [0.4, 0.5) is 5.69 Å². The molecule has 1 atom stereocenters. The SMILES string of the molecule is CC[C@@H]1CCCCN1C(=O)CCS(=O)(=O)c1cc2c(cc1Br)CCN2C(=O)C1CC1. The molecule has 6 nitrogen and oxygen atoms in total. The Bertz CT molecular complexity index is 958. The van der Waals surface area contributed by atoms with Gasteiger partial charge >= 0.3 is 0 Å². The van der Waals surface area contributed by atoms with Gasteiger partial charge in [-0.15, -0.1) is 0 Å². The van der Waals surface area contributed by atoms with Crippen molar-refractivity contribution in [2.75, 3.05) is 23.7 Å². The van der Waals surface area contributed by atoms with Gasteiger partial charge in [-0.1, -0.05) is 6.92 Å². The molecule has 2 heterocycles. The summed E-state index contributed by atoms with van der Waals surface area (Å²) >= 11 is 3.41. The molecular weight excluding hydrogens is 468 g/mol. The Hall–Kier alpha value is -1.41. The third-order valence-corrected chi connectivity index (χ3v) is 9.23. The van der Waals surface area contributed by atoms with Crippen molar-refractivity contribution in [3.05, 3.63) is 22.2 Å². The fraction of sp³-hybridized carbons (Fsp3) is 0.636. The van der Waals surface area contributed by atoms with E-state index in [0.717, 1.165) is 57.1 Å². The average Bonchev–Trinajstić information content (AvgIpc) is 3.51. The number of halogens is 1. The normalized spacial score (nSPS) is 21.6. The Morgan fingerprint density at radius 3 is 2.60 bits per heavy atom. The van der Waals surface area contributed by atoms with E-state index in [4.69, 9.17) is 0 Å². The van der Waals surface area contributed by atoms with Crippen LogP contribution in [0.25, 0.3) is 0 Å². The van der Waals surface area contributed by atoms with E-state index in [1.807, 2.05) is 11.0 Å². The van der Waals surface area contributed by atoms with Crippen molar-refractivity contribution < 1.29 is 18.0 Å². The molecular formula is C22H29BrN2O4S. The lowest BCUT2D eigenvalue weighted by atomic mass is 10.00. The Morgan fingerprint density at radius 2 is 1.90 bits per heavy atom. The van der Waals surface area contributed by atoms with Crippen LogP contribution < -0.4 is 4.90 Å². The third kappa shape index (κ3) is 4.31. The molecule has 3 aliphatic rings. The highest BCUT2D eigenvalue weighted by Crippen LogP contribution is 2.39. The van der Waals surface area contributed by atoms with E-state index in [9.17, 15) is 18.0 Å². The van der Waals surface area contributed by atoms with E-state index in [1.54, 1.807) is 11.0 Å². The van der Waals surface area contributed by atoms with E-state index in [2.05, 4.69) is 22.9 Å². The van der Waals surface area contributed by atoms with E-state index in [-0.39, 0.29) is 40.8 Å². The predicted molar refractivity (Wildman–Crippen MR) is 119 cm³/mol. The monoisotopic (exact) mass is 496 g/mol. The third-order valence-electron chi connectivity index (χ3n) is 6.56. The molecule has 30 heavy (non-hydrogen) atoms. The van der Waals surface area contributed by atoms with E-state index < -0.39 is 9.84 Å². The second kappa shape index (κ2) is 8.61. The zero-order chi connectivity index (χ0) is 21.5. The van der Waals surface area contributed by atoms with Gasteiger partial charge < -0.3 is 9.80 Å². The number of hydrogen-bond acceptors (Lipinski definition) is 4. The van der Waals surface area contributed by atoms with Gasteiger partial charge in [-0.25, -0.2) is 8.42 Å². The summed E-state index contributed by atoms with van der Waals surface area (Å²) in [7, 11) is -3.66. The van der Waals surface area contributed by atoms with Gasteiger partial charge in [-0.05, 0) is 78.6 Å². The number of piperidine rings is 1. The molecule has 2 aliphatic heterocycles. The van der Waals surface area contributed by atoms with Gasteiger partial charge in [0.15, 0.2) is 9.84 Å². The topological polar surface area (TPSA) is 74.8 Å². The van der Waals surface area contributed by atoms with Gasteiger partial charge in [0, 0.05) is 41.6 Å². The minimum absolute atomic E-state index is 0.00687. The Balaban J connectivity index is 1.50. The Labute approximate surface area is 187 Å². The van der Waals surface area contributed by atoms with Crippen molar-refractivity contribution in [1.82, 2.24) is 4.90 Å². The van der Waals surface area contributed by atoms with Crippen LogP contribution in [-0.2, 0) is 25.8 Å². The zero-order valence-corrected chi connectivity index (χ0v) is 19.8. The molecule has 164 valence electrons. The van der Waals surface area contributed by atoms with Gasteiger partial charge in [-0.3, -0.25) is 9.59 Å². The lowest BCUT2D eigenvalue weighted by Gasteiger charge is -2.35. The summed E-state index contributed by atoms with van der Waals surface area (Å²) in [5.74, 6) is -0.0983. The van der Waals surface area contributed by atoms with Crippen molar-refractivity contribution in [2.24, 2.45) is 5.92 Å². The molecule has 4 rings (SSSR count). The standard InChI is InChI=1S/C22H29BrN2O4S/c1-2-17-5-3-4-10-24(17)21(26)9-12-30(28,29)20-14-19-16(13-18(20)23)8-11-25(19)22(27)15-6-7-15/h13-15,17H,2-12H2,1H3/t17-/m1/s1. The first kappa shape index (κ1) is 21.8. The molecule has 0 N–H and O–H groups in total. The lowest BCUT2D eigenvalue weighted by molar-refractivity contribution is -0.134. The fourth-order valence-corrected chi connectivity index (χ4v) is 7.08. The smallest absolute Gasteiger partial charge is 0.230 e. The number of anilines is 1. The van der Waals surface area contributed by atoms with E-state index in [1.165, 1.54) is 0 Å². The average molecular weight is 497 g/mol. The number of likely N-dealkylation sites (tertiary alicyclic amines) is 1. The van der Waals surface area contributed by atoms with Crippen LogP contribution in [0.3, 0.4) is 0 Å². The molecule has 0 spiro atoms. The summed E-state index contributed by atoms with van der Waals surface area (Å²) in [4.78, 5) is 29.1. The summed E-state index contributed by atoms with van der Waals surface area (Å²) in [6.45, 7) is 3.40. The van der Waals surface area contributed by atoms with Gasteiger partial charge in [0.25, 0.3) is 0 Å². The van der Waals surface area contributed by atoms with Crippen LogP contribution in [-0.4, -0.2) is 50.0 Å². The van der Waals surface area contributed by atoms with Crippen LogP contribution in [0.15, 0.2) is 21.5 Å². The maximum Gasteiger partial charge on any atom is 0.230 e. The van der Waals surface area contributed by atoms with Crippen LogP contribution in [0.5, 0.6) is 0 Å². The maximum atomic E-state index is 13.1. The Kier molecular flexibility index (Phi) is 6.26.